The molecule has 0 aromatic heterocycles. The highest BCUT2D eigenvalue weighted by atomic mass is 16.5. The zero-order chi connectivity index (χ0) is 25.5. The van der Waals surface area contributed by atoms with E-state index in [-0.39, 0.29) is 11.3 Å². The van der Waals surface area contributed by atoms with Crippen molar-refractivity contribution in [3.05, 3.63) is 95.6 Å². The zero-order valence-electron chi connectivity index (χ0n) is 20.6. The summed E-state index contributed by atoms with van der Waals surface area (Å²) in [6.07, 6.45) is 4.36. The maximum Gasteiger partial charge on any atom is 0.300 e. The van der Waals surface area contributed by atoms with E-state index in [9.17, 15) is 14.7 Å². The summed E-state index contributed by atoms with van der Waals surface area (Å²) in [7, 11) is 1.56. The van der Waals surface area contributed by atoms with Crippen LogP contribution >= 0.6 is 0 Å². The van der Waals surface area contributed by atoms with E-state index in [1.807, 2.05) is 18.2 Å². The Morgan fingerprint density at radius 1 is 0.889 bits per heavy atom. The SMILES string of the molecule is CCCCCCOc1cccc(N2C(=O)C(=O)/C(=C(/O)c3ccccc3)C2c2cccc(OC)c2)c1. The average molecular weight is 486 g/mol. The van der Waals surface area contributed by atoms with Crippen molar-refractivity contribution in [1.29, 1.82) is 0 Å². The summed E-state index contributed by atoms with van der Waals surface area (Å²) < 4.78 is 11.3. The van der Waals surface area contributed by atoms with Gasteiger partial charge < -0.3 is 14.6 Å². The molecular weight excluding hydrogens is 454 g/mol. The van der Waals surface area contributed by atoms with Crippen LogP contribution in [0.15, 0.2) is 84.4 Å². The van der Waals surface area contributed by atoms with E-state index < -0.39 is 17.7 Å². The van der Waals surface area contributed by atoms with E-state index in [1.165, 1.54) is 4.90 Å². The van der Waals surface area contributed by atoms with Gasteiger partial charge in [0.2, 0.25) is 0 Å². The fraction of sp³-hybridized carbons (Fsp3) is 0.267. The number of carbonyl (C=O) groups excluding carboxylic acids is 2. The Hall–Kier alpha value is -4.06. The number of unbranched alkanes of at least 4 members (excludes halogenated alkanes) is 3. The standard InChI is InChI=1S/C30H31NO5/c1-3-4-5-9-18-36-25-17-11-15-23(20-25)31-27(22-14-10-16-24(19-22)35-2)26(29(33)30(31)34)28(32)21-12-7-6-8-13-21/h6-8,10-17,19-20,27,32H,3-5,9,18H2,1-2H3/b28-26+. The number of anilines is 1. The van der Waals surface area contributed by atoms with Crippen LogP contribution in [0, 0.1) is 0 Å². The van der Waals surface area contributed by atoms with Crippen LogP contribution in [0.5, 0.6) is 11.5 Å². The Kier molecular flexibility index (Phi) is 8.06. The molecule has 1 N–H and O–H groups in total. The van der Waals surface area contributed by atoms with Gasteiger partial charge in [0.1, 0.15) is 17.3 Å². The van der Waals surface area contributed by atoms with E-state index in [4.69, 9.17) is 9.47 Å². The molecule has 4 rings (SSSR count). The topological polar surface area (TPSA) is 76.1 Å². The molecule has 0 saturated carbocycles. The number of aliphatic hydroxyl groups is 1. The van der Waals surface area contributed by atoms with Gasteiger partial charge in [-0.05, 0) is 36.2 Å². The molecule has 0 aliphatic carbocycles. The average Bonchev–Trinajstić information content (AvgIpc) is 3.19. The second kappa shape index (κ2) is 11.6. The van der Waals surface area contributed by atoms with Crippen LogP contribution in [0.25, 0.3) is 5.76 Å². The molecule has 36 heavy (non-hydrogen) atoms. The Bertz CT molecular complexity index is 1250. The molecule has 1 unspecified atom stereocenters. The van der Waals surface area contributed by atoms with Gasteiger partial charge in [0.25, 0.3) is 11.7 Å². The molecule has 1 atom stereocenters. The quantitative estimate of drug-likeness (QED) is 0.158. The van der Waals surface area contributed by atoms with Crippen LogP contribution in [-0.4, -0.2) is 30.5 Å². The molecule has 0 spiro atoms. The number of carbonyl (C=O) groups is 2. The van der Waals surface area contributed by atoms with E-state index >= 15 is 0 Å². The molecule has 6 nitrogen and oxygen atoms in total. The number of rotatable bonds is 10. The zero-order valence-corrected chi connectivity index (χ0v) is 20.6. The number of ketones is 1. The fourth-order valence-electron chi connectivity index (χ4n) is 4.42. The van der Waals surface area contributed by atoms with E-state index in [1.54, 1.807) is 67.8 Å². The van der Waals surface area contributed by atoms with Gasteiger partial charge in [-0.3, -0.25) is 14.5 Å². The van der Waals surface area contributed by atoms with Gasteiger partial charge in [0.05, 0.1) is 25.3 Å². The second-order valence-electron chi connectivity index (χ2n) is 8.72. The number of amides is 1. The molecule has 1 heterocycles. The maximum atomic E-state index is 13.4. The lowest BCUT2D eigenvalue weighted by Gasteiger charge is -2.26. The third-order valence-corrected chi connectivity index (χ3v) is 6.26. The Morgan fingerprint density at radius 2 is 1.64 bits per heavy atom. The first-order chi connectivity index (χ1) is 17.5. The van der Waals surface area contributed by atoms with Crippen molar-refractivity contribution in [2.75, 3.05) is 18.6 Å². The lowest BCUT2D eigenvalue weighted by atomic mass is 9.95. The number of methoxy groups -OCH3 is 1. The Morgan fingerprint density at radius 3 is 2.39 bits per heavy atom. The summed E-state index contributed by atoms with van der Waals surface area (Å²) in [6, 6.07) is 22.3. The molecule has 1 fully saturated rings. The van der Waals surface area contributed by atoms with Crippen molar-refractivity contribution < 1.29 is 24.2 Å². The molecule has 0 radical (unpaired) electrons. The van der Waals surface area contributed by atoms with Crippen LogP contribution in [0.4, 0.5) is 5.69 Å². The Labute approximate surface area is 211 Å². The van der Waals surface area contributed by atoms with Crippen molar-refractivity contribution in [2.45, 2.75) is 38.6 Å². The van der Waals surface area contributed by atoms with Gasteiger partial charge in [-0.15, -0.1) is 0 Å². The highest BCUT2D eigenvalue weighted by Crippen LogP contribution is 2.43. The summed E-state index contributed by atoms with van der Waals surface area (Å²) in [4.78, 5) is 28.1. The van der Waals surface area contributed by atoms with Crippen molar-refractivity contribution in [2.24, 2.45) is 0 Å². The smallest absolute Gasteiger partial charge is 0.300 e. The number of aliphatic hydroxyl groups excluding tert-OH is 1. The monoisotopic (exact) mass is 485 g/mol. The summed E-state index contributed by atoms with van der Waals surface area (Å²) >= 11 is 0. The third-order valence-electron chi connectivity index (χ3n) is 6.26. The minimum Gasteiger partial charge on any atom is -0.507 e. The molecule has 186 valence electrons. The summed E-state index contributed by atoms with van der Waals surface area (Å²) in [5.74, 6) is -0.455. The van der Waals surface area contributed by atoms with Crippen LogP contribution in [0.3, 0.4) is 0 Å². The number of nitrogens with zero attached hydrogens (tertiary/aromatic N) is 1. The minimum atomic E-state index is -0.833. The molecule has 1 aliphatic heterocycles. The lowest BCUT2D eigenvalue weighted by molar-refractivity contribution is -0.132. The summed E-state index contributed by atoms with van der Waals surface area (Å²) in [5.41, 5.74) is 1.66. The van der Waals surface area contributed by atoms with Crippen LogP contribution in [0.2, 0.25) is 0 Å². The number of hydrogen-bond acceptors (Lipinski definition) is 5. The third kappa shape index (κ3) is 5.28. The number of Topliss-reactive ketones (excluding diaryl/α,β-unsaturated/α-hetero) is 1. The van der Waals surface area contributed by atoms with Crippen molar-refractivity contribution in [3.63, 3.8) is 0 Å². The maximum absolute atomic E-state index is 13.4. The molecule has 6 heteroatoms. The first-order valence-electron chi connectivity index (χ1n) is 12.3. The first-order valence-corrected chi connectivity index (χ1v) is 12.3. The molecule has 1 amide bonds. The van der Waals surface area contributed by atoms with Gasteiger partial charge in [-0.25, -0.2) is 0 Å². The second-order valence-corrected chi connectivity index (χ2v) is 8.72. The summed E-state index contributed by atoms with van der Waals surface area (Å²) in [5, 5.41) is 11.2. The molecule has 3 aromatic rings. The molecule has 1 aliphatic rings. The molecular formula is C30H31NO5. The predicted molar refractivity (Wildman–Crippen MR) is 140 cm³/mol. The minimum absolute atomic E-state index is 0.0327. The molecule has 1 saturated heterocycles. The number of benzene rings is 3. The van der Waals surface area contributed by atoms with Crippen molar-refractivity contribution >= 4 is 23.1 Å². The van der Waals surface area contributed by atoms with Crippen LogP contribution in [-0.2, 0) is 9.59 Å². The van der Waals surface area contributed by atoms with E-state index in [0.717, 1.165) is 25.7 Å². The normalized spacial score (nSPS) is 16.8. The Balaban J connectivity index is 1.77. The first kappa shape index (κ1) is 25.0. The largest absolute Gasteiger partial charge is 0.507 e. The fourth-order valence-corrected chi connectivity index (χ4v) is 4.42. The van der Waals surface area contributed by atoms with Crippen molar-refractivity contribution in [3.8, 4) is 11.5 Å². The van der Waals surface area contributed by atoms with Crippen LogP contribution < -0.4 is 14.4 Å². The number of ether oxygens (including phenoxy) is 2. The predicted octanol–water partition coefficient (Wildman–Crippen LogP) is 6.28. The van der Waals surface area contributed by atoms with Crippen LogP contribution in [0.1, 0.15) is 49.8 Å². The highest BCUT2D eigenvalue weighted by Gasteiger charge is 2.47. The van der Waals surface area contributed by atoms with Gasteiger partial charge in [0, 0.05) is 17.3 Å². The van der Waals surface area contributed by atoms with Gasteiger partial charge in [-0.2, -0.15) is 0 Å². The van der Waals surface area contributed by atoms with Gasteiger partial charge in [0.15, 0.2) is 0 Å². The van der Waals surface area contributed by atoms with Crippen molar-refractivity contribution in [1.82, 2.24) is 0 Å². The van der Waals surface area contributed by atoms with E-state index in [0.29, 0.717) is 34.9 Å². The highest BCUT2D eigenvalue weighted by molar-refractivity contribution is 6.51. The lowest BCUT2D eigenvalue weighted by Crippen LogP contribution is -2.29. The van der Waals surface area contributed by atoms with Gasteiger partial charge in [-0.1, -0.05) is 74.7 Å². The number of hydrogen-bond donors (Lipinski definition) is 1. The van der Waals surface area contributed by atoms with Gasteiger partial charge >= 0.3 is 0 Å². The molecule has 3 aromatic carbocycles. The van der Waals surface area contributed by atoms with E-state index in [2.05, 4.69) is 6.92 Å². The summed E-state index contributed by atoms with van der Waals surface area (Å²) in [6.45, 7) is 2.74. The molecule has 0 bridgehead atoms.